The van der Waals surface area contributed by atoms with Crippen LogP contribution in [0.15, 0.2) is 0 Å². The first kappa shape index (κ1) is 11.1. The van der Waals surface area contributed by atoms with E-state index in [2.05, 4.69) is 17.0 Å². The molecular formula is C9H18N4O. The van der Waals surface area contributed by atoms with E-state index in [9.17, 15) is 0 Å². The average molecular weight is 198 g/mol. The van der Waals surface area contributed by atoms with Gasteiger partial charge in [0.1, 0.15) is 5.82 Å². The van der Waals surface area contributed by atoms with Crippen molar-refractivity contribution >= 4 is 0 Å². The molecule has 0 saturated heterocycles. The van der Waals surface area contributed by atoms with Crippen molar-refractivity contribution in [3.63, 3.8) is 0 Å². The Hall–Kier alpha value is -0.940. The molecule has 0 amide bonds. The zero-order chi connectivity index (χ0) is 10.6. The minimum Gasteiger partial charge on any atom is -0.383 e. The van der Waals surface area contributed by atoms with E-state index in [0.717, 1.165) is 24.5 Å². The summed E-state index contributed by atoms with van der Waals surface area (Å²) in [6, 6.07) is -0.192. The maximum atomic E-state index is 5.87. The molecule has 2 N–H and O–H groups in total. The standard InChI is InChI=1S/C9H18N4O/c1-4-5-8-11-9(13(2)12-8)7(10)6-14-3/h7H,4-6,10H2,1-3H3. The zero-order valence-corrected chi connectivity index (χ0v) is 9.03. The van der Waals surface area contributed by atoms with Crippen LogP contribution in [0.4, 0.5) is 0 Å². The number of aromatic nitrogens is 3. The van der Waals surface area contributed by atoms with Crippen LogP contribution in [0.25, 0.3) is 0 Å². The molecule has 80 valence electrons. The van der Waals surface area contributed by atoms with Gasteiger partial charge in [-0.25, -0.2) is 4.98 Å². The Kier molecular flexibility index (Phi) is 4.03. The summed E-state index contributed by atoms with van der Waals surface area (Å²) in [5, 5.41) is 4.27. The van der Waals surface area contributed by atoms with Crippen LogP contribution < -0.4 is 5.73 Å². The summed E-state index contributed by atoms with van der Waals surface area (Å²) in [4.78, 5) is 4.36. The molecule has 1 rings (SSSR count). The lowest BCUT2D eigenvalue weighted by atomic mass is 10.3. The third-order valence-corrected chi connectivity index (χ3v) is 1.99. The molecule has 0 aliphatic carbocycles. The Balaban J connectivity index is 2.75. The summed E-state index contributed by atoms with van der Waals surface area (Å²) in [7, 11) is 3.49. The van der Waals surface area contributed by atoms with E-state index in [0.29, 0.717) is 6.61 Å². The molecule has 0 aliphatic heterocycles. The molecule has 1 aromatic heterocycles. The van der Waals surface area contributed by atoms with Gasteiger partial charge in [-0.3, -0.25) is 4.68 Å². The van der Waals surface area contributed by atoms with Crippen LogP contribution in [0.5, 0.6) is 0 Å². The highest BCUT2D eigenvalue weighted by Crippen LogP contribution is 2.08. The minimum absolute atomic E-state index is 0.192. The van der Waals surface area contributed by atoms with Crippen molar-refractivity contribution in [1.82, 2.24) is 14.8 Å². The number of nitrogens with two attached hydrogens (primary N) is 1. The van der Waals surface area contributed by atoms with Gasteiger partial charge < -0.3 is 10.5 Å². The summed E-state index contributed by atoms with van der Waals surface area (Å²) in [5.74, 6) is 1.65. The second-order valence-corrected chi connectivity index (χ2v) is 3.32. The topological polar surface area (TPSA) is 66.0 Å². The SMILES string of the molecule is CCCc1nc(C(N)COC)n(C)n1. The summed E-state index contributed by atoms with van der Waals surface area (Å²) >= 11 is 0. The lowest BCUT2D eigenvalue weighted by molar-refractivity contribution is 0.177. The lowest BCUT2D eigenvalue weighted by Gasteiger charge is -2.07. The van der Waals surface area contributed by atoms with Crippen molar-refractivity contribution < 1.29 is 4.74 Å². The van der Waals surface area contributed by atoms with Gasteiger partial charge in [-0.2, -0.15) is 5.10 Å². The third kappa shape index (κ3) is 2.52. The first-order valence-corrected chi connectivity index (χ1v) is 4.83. The van der Waals surface area contributed by atoms with Crippen molar-refractivity contribution in [3.05, 3.63) is 11.6 Å². The second kappa shape index (κ2) is 5.07. The van der Waals surface area contributed by atoms with Crippen LogP contribution in [0.2, 0.25) is 0 Å². The molecule has 0 aromatic carbocycles. The Labute approximate surface area is 84.3 Å². The maximum absolute atomic E-state index is 5.87. The van der Waals surface area contributed by atoms with E-state index >= 15 is 0 Å². The fourth-order valence-electron chi connectivity index (χ4n) is 1.36. The number of aryl methyl sites for hydroxylation is 2. The largest absolute Gasteiger partial charge is 0.383 e. The summed E-state index contributed by atoms with van der Waals surface area (Å²) in [5.41, 5.74) is 5.87. The maximum Gasteiger partial charge on any atom is 0.151 e. The van der Waals surface area contributed by atoms with Crippen LogP contribution in [0, 0.1) is 0 Å². The van der Waals surface area contributed by atoms with E-state index in [1.807, 2.05) is 7.05 Å². The molecule has 0 aliphatic rings. The highest BCUT2D eigenvalue weighted by atomic mass is 16.5. The van der Waals surface area contributed by atoms with E-state index < -0.39 is 0 Å². The monoisotopic (exact) mass is 198 g/mol. The molecule has 14 heavy (non-hydrogen) atoms. The van der Waals surface area contributed by atoms with Gasteiger partial charge in [0.05, 0.1) is 12.6 Å². The highest BCUT2D eigenvalue weighted by molar-refractivity contribution is 4.98. The van der Waals surface area contributed by atoms with Gasteiger partial charge in [0.25, 0.3) is 0 Å². The fourth-order valence-corrected chi connectivity index (χ4v) is 1.36. The number of hydrogen-bond acceptors (Lipinski definition) is 4. The molecular weight excluding hydrogens is 180 g/mol. The van der Waals surface area contributed by atoms with Crippen molar-refractivity contribution in [2.24, 2.45) is 12.8 Å². The lowest BCUT2D eigenvalue weighted by Crippen LogP contribution is -2.20. The quantitative estimate of drug-likeness (QED) is 0.744. The van der Waals surface area contributed by atoms with Crippen molar-refractivity contribution in [2.75, 3.05) is 13.7 Å². The van der Waals surface area contributed by atoms with Gasteiger partial charge in [-0.1, -0.05) is 6.92 Å². The molecule has 1 aromatic rings. The Morgan fingerprint density at radius 2 is 2.29 bits per heavy atom. The molecule has 0 bridgehead atoms. The van der Waals surface area contributed by atoms with Crippen LogP contribution >= 0.6 is 0 Å². The van der Waals surface area contributed by atoms with Crippen LogP contribution in [-0.4, -0.2) is 28.5 Å². The second-order valence-electron chi connectivity index (χ2n) is 3.32. The number of nitrogens with zero attached hydrogens (tertiary/aromatic N) is 3. The first-order chi connectivity index (χ1) is 6.69. The predicted molar refractivity (Wildman–Crippen MR) is 53.8 cm³/mol. The molecule has 0 fully saturated rings. The smallest absolute Gasteiger partial charge is 0.151 e. The molecule has 1 heterocycles. The van der Waals surface area contributed by atoms with E-state index in [1.165, 1.54) is 0 Å². The molecule has 1 atom stereocenters. The highest BCUT2D eigenvalue weighted by Gasteiger charge is 2.13. The molecule has 0 saturated carbocycles. The minimum atomic E-state index is -0.192. The molecule has 5 heteroatoms. The van der Waals surface area contributed by atoms with Crippen molar-refractivity contribution in [2.45, 2.75) is 25.8 Å². The number of rotatable bonds is 5. The Bertz CT molecular complexity index is 284. The summed E-state index contributed by atoms with van der Waals surface area (Å²) in [6.45, 7) is 2.57. The van der Waals surface area contributed by atoms with Crippen LogP contribution in [0.3, 0.4) is 0 Å². The normalized spacial score (nSPS) is 13.1. The summed E-state index contributed by atoms with van der Waals surface area (Å²) < 4.78 is 6.71. The van der Waals surface area contributed by atoms with Gasteiger partial charge in [-0.15, -0.1) is 0 Å². The van der Waals surface area contributed by atoms with E-state index in [-0.39, 0.29) is 6.04 Å². The van der Waals surface area contributed by atoms with Crippen LogP contribution in [-0.2, 0) is 18.2 Å². The van der Waals surface area contributed by atoms with Crippen molar-refractivity contribution in [1.29, 1.82) is 0 Å². The fraction of sp³-hybridized carbons (Fsp3) is 0.778. The molecule has 0 radical (unpaired) electrons. The number of ether oxygens (including phenoxy) is 1. The van der Waals surface area contributed by atoms with Crippen LogP contribution in [0.1, 0.15) is 31.0 Å². The zero-order valence-electron chi connectivity index (χ0n) is 9.03. The molecule has 5 nitrogen and oxygen atoms in total. The van der Waals surface area contributed by atoms with E-state index in [1.54, 1.807) is 11.8 Å². The van der Waals surface area contributed by atoms with Gasteiger partial charge in [-0.05, 0) is 6.42 Å². The van der Waals surface area contributed by atoms with Gasteiger partial charge >= 0.3 is 0 Å². The Morgan fingerprint density at radius 1 is 1.57 bits per heavy atom. The Morgan fingerprint density at radius 3 is 2.86 bits per heavy atom. The average Bonchev–Trinajstić information content (AvgIpc) is 2.48. The van der Waals surface area contributed by atoms with Gasteiger partial charge in [0.2, 0.25) is 0 Å². The number of methoxy groups -OCH3 is 1. The van der Waals surface area contributed by atoms with Crippen molar-refractivity contribution in [3.8, 4) is 0 Å². The van der Waals surface area contributed by atoms with Gasteiger partial charge in [0, 0.05) is 20.6 Å². The molecule has 0 spiro atoms. The molecule has 1 unspecified atom stereocenters. The number of hydrogen-bond donors (Lipinski definition) is 1. The summed E-state index contributed by atoms with van der Waals surface area (Å²) in [6.07, 6.45) is 1.94. The third-order valence-electron chi connectivity index (χ3n) is 1.99. The van der Waals surface area contributed by atoms with E-state index in [4.69, 9.17) is 10.5 Å². The first-order valence-electron chi connectivity index (χ1n) is 4.83. The van der Waals surface area contributed by atoms with Gasteiger partial charge in [0.15, 0.2) is 5.82 Å². The predicted octanol–water partition coefficient (Wildman–Crippen LogP) is 0.414.